The Hall–Kier alpha value is -4.22. The SMILES string of the molecule is O=C(O)CCCCC(=O)NCc1ccccc1-c1ccc([C@H]2O[C@@H](CSc3cccc[n+]3[O-])C[C@@H](c3ccc(CO)cc3)O2)cc1. The van der Waals surface area contributed by atoms with Gasteiger partial charge in [-0.05, 0) is 46.7 Å². The van der Waals surface area contributed by atoms with E-state index in [-0.39, 0.29) is 31.1 Å². The summed E-state index contributed by atoms with van der Waals surface area (Å²) in [5.41, 5.74) is 5.64. The Morgan fingerprint density at radius 2 is 1.61 bits per heavy atom. The molecule has 1 aromatic heterocycles. The first-order valence-corrected chi connectivity index (χ1v) is 16.4. The fourth-order valence-electron chi connectivity index (χ4n) is 5.35. The van der Waals surface area contributed by atoms with Gasteiger partial charge in [-0.25, -0.2) is 0 Å². The highest BCUT2D eigenvalue weighted by Gasteiger charge is 2.32. The number of amides is 1. The van der Waals surface area contributed by atoms with E-state index in [9.17, 15) is 19.9 Å². The van der Waals surface area contributed by atoms with Crippen molar-refractivity contribution in [2.24, 2.45) is 0 Å². The van der Waals surface area contributed by atoms with Gasteiger partial charge < -0.3 is 30.2 Å². The molecule has 4 aromatic rings. The maximum absolute atomic E-state index is 12.3. The smallest absolute Gasteiger partial charge is 0.303 e. The molecule has 3 aromatic carbocycles. The summed E-state index contributed by atoms with van der Waals surface area (Å²) in [6, 6.07) is 29.0. The number of carbonyl (C=O) groups excluding carboxylic acids is 1. The van der Waals surface area contributed by atoms with E-state index in [1.165, 1.54) is 18.0 Å². The van der Waals surface area contributed by atoms with Crippen molar-refractivity contribution in [3.05, 3.63) is 125 Å². The normalized spacial score (nSPS) is 17.8. The number of ether oxygens (including phenoxy) is 2. The van der Waals surface area contributed by atoms with Crippen molar-refractivity contribution in [3.8, 4) is 11.1 Å². The number of rotatable bonds is 14. The van der Waals surface area contributed by atoms with E-state index in [1.807, 2.05) is 78.9 Å². The minimum Gasteiger partial charge on any atom is -0.618 e. The lowest BCUT2D eigenvalue weighted by Gasteiger charge is -2.36. The number of thioether (sulfide) groups is 1. The van der Waals surface area contributed by atoms with E-state index in [1.54, 1.807) is 12.1 Å². The molecule has 0 saturated carbocycles. The van der Waals surface area contributed by atoms with Gasteiger partial charge >= 0.3 is 5.97 Å². The molecule has 3 N–H and O–H groups in total. The van der Waals surface area contributed by atoms with Gasteiger partial charge in [-0.15, -0.1) is 0 Å². The van der Waals surface area contributed by atoms with Gasteiger partial charge in [-0.3, -0.25) is 9.59 Å². The van der Waals surface area contributed by atoms with E-state index in [0.717, 1.165) is 38.1 Å². The lowest BCUT2D eigenvalue weighted by molar-refractivity contribution is -0.645. The zero-order valence-corrected chi connectivity index (χ0v) is 26.2. The van der Waals surface area contributed by atoms with Crippen LogP contribution in [0.3, 0.4) is 0 Å². The number of carbonyl (C=O) groups is 2. The van der Waals surface area contributed by atoms with Crippen LogP contribution in [0.5, 0.6) is 0 Å². The molecule has 46 heavy (non-hydrogen) atoms. The Bertz CT molecular complexity index is 1600. The van der Waals surface area contributed by atoms with Crippen molar-refractivity contribution in [2.45, 2.75) is 68.8 Å². The Balaban J connectivity index is 1.28. The quantitative estimate of drug-likeness (QED) is 0.0653. The van der Waals surface area contributed by atoms with Crippen LogP contribution < -0.4 is 10.0 Å². The van der Waals surface area contributed by atoms with Gasteiger partial charge in [0.1, 0.15) is 0 Å². The minimum atomic E-state index is -0.852. The number of benzene rings is 3. The maximum Gasteiger partial charge on any atom is 0.303 e. The average molecular weight is 643 g/mol. The molecule has 0 radical (unpaired) electrons. The van der Waals surface area contributed by atoms with Crippen molar-refractivity contribution in [1.82, 2.24) is 5.32 Å². The predicted molar refractivity (Wildman–Crippen MR) is 174 cm³/mol. The van der Waals surface area contributed by atoms with Crippen LogP contribution in [0.1, 0.15) is 66.8 Å². The first-order valence-electron chi connectivity index (χ1n) is 15.4. The zero-order valence-electron chi connectivity index (χ0n) is 25.4. The Morgan fingerprint density at radius 3 is 2.35 bits per heavy atom. The summed E-state index contributed by atoms with van der Waals surface area (Å²) < 4.78 is 13.8. The lowest BCUT2D eigenvalue weighted by Crippen LogP contribution is -2.32. The van der Waals surface area contributed by atoms with Crippen LogP contribution in [0.2, 0.25) is 0 Å². The second kappa shape index (κ2) is 16.4. The van der Waals surface area contributed by atoms with Crippen LogP contribution in [-0.2, 0) is 32.2 Å². The molecule has 5 rings (SSSR count). The summed E-state index contributed by atoms with van der Waals surface area (Å²) in [5.74, 6) is -0.378. The fraction of sp³-hybridized carbons (Fsp3) is 0.306. The van der Waals surface area contributed by atoms with Crippen molar-refractivity contribution in [3.63, 3.8) is 0 Å². The van der Waals surface area contributed by atoms with Crippen molar-refractivity contribution in [1.29, 1.82) is 0 Å². The third kappa shape index (κ3) is 9.17. The van der Waals surface area contributed by atoms with E-state index in [2.05, 4.69) is 5.32 Å². The summed E-state index contributed by atoms with van der Waals surface area (Å²) in [4.78, 5) is 23.0. The Kier molecular flexibility index (Phi) is 11.8. The topological polar surface area (TPSA) is 132 Å². The number of nitrogens with one attached hydrogen (secondary N) is 1. The minimum absolute atomic E-state index is 0.0283. The predicted octanol–water partition coefficient (Wildman–Crippen LogP) is 6.08. The van der Waals surface area contributed by atoms with Gasteiger partial charge in [0.15, 0.2) is 12.5 Å². The van der Waals surface area contributed by atoms with Gasteiger partial charge in [-0.1, -0.05) is 84.6 Å². The number of unbranched alkanes of at least 4 members (excludes halogenated alkanes) is 1. The molecule has 3 atom stereocenters. The standard InChI is InChI=1S/C36H38N2O7S/c39-23-25-12-14-27(15-13-25)32-21-30(24-46-34-10-5-6-20-38(34)43)44-36(45-32)28-18-16-26(17-19-28)31-8-2-1-7-29(31)22-37-33(40)9-3-4-11-35(41)42/h1-2,5-8,10,12-20,30,32,36,39H,3-4,9,11,21-24H2,(H,37,40)(H,41,42)/t30-,32+,36+/m1/s1. The number of pyridine rings is 1. The van der Waals surface area contributed by atoms with Gasteiger partial charge in [0, 0.05) is 49.3 Å². The molecule has 240 valence electrons. The van der Waals surface area contributed by atoms with Crippen molar-refractivity contribution < 1.29 is 34.0 Å². The number of nitrogens with zero attached hydrogens (tertiary/aromatic N) is 1. The molecule has 2 heterocycles. The zero-order chi connectivity index (χ0) is 32.3. The van der Waals surface area contributed by atoms with Crippen molar-refractivity contribution in [2.75, 3.05) is 5.75 Å². The summed E-state index contributed by atoms with van der Waals surface area (Å²) in [6.45, 7) is 0.338. The number of hydrogen-bond donors (Lipinski definition) is 3. The van der Waals surface area contributed by atoms with E-state index < -0.39 is 12.3 Å². The maximum atomic E-state index is 12.3. The molecule has 0 unspecified atom stereocenters. The number of aliphatic hydroxyl groups excluding tert-OH is 1. The van der Waals surface area contributed by atoms with Crippen LogP contribution in [0.25, 0.3) is 11.1 Å². The number of aliphatic hydroxyl groups is 1. The van der Waals surface area contributed by atoms with Crippen molar-refractivity contribution >= 4 is 23.6 Å². The monoisotopic (exact) mass is 642 g/mol. The highest BCUT2D eigenvalue weighted by Crippen LogP contribution is 2.39. The molecule has 10 heteroatoms. The second-order valence-corrected chi connectivity index (χ2v) is 12.2. The molecule has 0 spiro atoms. The fourth-order valence-corrected chi connectivity index (χ4v) is 6.28. The number of hydrogen-bond acceptors (Lipinski definition) is 7. The molecular weight excluding hydrogens is 604 g/mol. The summed E-state index contributed by atoms with van der Waals surface area (Å²) in [6.07, 6.45) is 2.43. The highest BCUT2D eigenvalue weighted by molar-refractivity contribution is 7.99. The van der Waals surface area contributed by atoms with Crippen LogP contribution in [-0.4, -0.2) is 33.9 Å². The molecule has 1 amide bonds. The molecule has 1 aliphatic rings. The summed E-state index contributed by atoms with van der Waals surface area (Å²) >= 11 is 1.45. The Morgan fingerprint density at radius 1 is 0.891 bits per heavy atom. The first kappa shape index (κ1) is 33.2. The van der Waals surface area contributed by atoms with Gasteiger partial charge in [-0.2, -0.15) is 4.73 Å². The molecule has 0 bridgehead atoms. The summed E-state index contributed by atoms with van der Waals surface area (Å²) in [5, 5.41) is 34.1. The molecule has 0 aliphatic carbocycles. The number of aliphatic carboxylic acids is 1. The van der Waals surface area contributed by atoms with Crippen LogP contribution in [0.15, 0.2) is 102 Å². The number of aromatic nitrogens is 1. The number of carboxylic acids is 1. The highest BCUT2D eigenvalue weighted by atomic mass is 32.2. The van der Waals surface area contributed by atoms with Crippen LogP contribution >= 0.6 is 11.8 Å². The van der Waals surface area contributed by atoms with Gasteiger partial charge in [0.2, 0.25) is 5.91 Å². The molecule has 1 aliphatic heterocycles. The molecule has 1 fully saturated rings. The second-order valence-electron chi connectivity index (χ2n) is 11.2. The lowest BCUT2D eigenvalue weighted by atomic mass is 9.97. The van der Waals surface area contributed by atoms with Gasteiger partial charge in [0.25, 0.3) is 5.03 Å². The Labute approximate surface area is 272 Å². The van der Waals surface area contributed by atoms with Crippen LogP contribution in [0, 0.1) is 5.21 Å². The van der Waals surface area contributed by atoms with Gasteiger partial charge in [0.05, 0.1) is 18.8 Å². The van der Waals surface area contributed by atoms with Crippen LogP contribution in [0.4, 0.5) is 0 Å². The molecule has 9 nitrogen and oxygen atoms in total. The third-order valence-corrected chi connectivity index (χ3v) is 9.00. The summed E-state index contributed by atoms with van der Waals surface area (Å²) in [7, 11) is 0. The van der Waals surface area contributed by atoms with E-state index in [4.69, 9.17) is 14.6 Å². The van der Waals surface area contributed by atoms with E-state index in [0.29, 0.717) is 43.0 Å². The average Bonchev–Trinajstić information content (AvgIpc) is 3.09. The largest absolute Gasteiger partial charge is 0.618 e. The first-order chi connectivity index (χ1) is 22.4. The van der Waals surface area contributed by atoms with E-state index >= 15 is 0 Å². The molecule has 1 saturated heterocycles. The third-order valence-electron chi connectivity index (χ3n) is 7.85. The number of carboxylic acid groups (broad SMARTS) is 1. The molecular formula is C36H38N2O7S.